The van der Waals surface area contributed by atoms with E-state index in [0.29, 0.717) is 12.2 Å². The van der Waals surface area contributed by atoms with Crippen molar-refractivity contribution in [2.45, 2.75) is 103 Å². The first-order chi connectivity index (χ1) is 15.9. The lowest BCUT2D eigenvalue weighted by Crippen LogP contribution is -2.16. The van der Waals surface area contributed by atoms with Gasteiger partial charge in [-0.05, 0) is 18.6 Å². The third-order valence-electron chi connectivity index (χ3n) is 5.92. The first kappa shape index (κ1) is 28.5. The molecule has 4 N–H and O–H groups in total. The molecule has 0 aliphatic carbocycles. The van der Waals surface area contributed by atoms with Gasteiger partial charge in [-0.1, -0.05) is 96.8 Å². The Labute approximate surface area is 197 Å². The first-order valence-electron chi connectivity index (χ1n) is 12.5. The maximum Gasteiger partial charge on any atom is 0.337 e. The summed E-state index contributed by atoms with van der Waals surface area (Å²) in [5.41, 5.74) is -1.45. The van der Waals surface area contributed by atoms with Gasteiger partial charge in [-0.15, -0.1) is 0 Å². The summed E-state index contributed by atoms with van der Waals surface area (Å²) in [4.78, 5) is 34.1. The average molecular weight is 464 g/mol. The zero-order chi connectivity index (χ0) is 24.5. The van der Waals surface area contributed by atoms with Crippen LogP contribution in [0, 0.1) is 0 Å². The quantitative estimate of drug-likeness (QED) is 0.152. The Morgan fingerprint density at radius 1 is 0.606 bits per heavy atom. The van der Waals surface area contributed by atoms with E-state index in [4.69, 9.17) is 0 Å². The third-order valence-corrected chi connectivity index (χ3v) is 5.92. The molecule has 0 unspecified atom stereocenters. The fourth-order valence-corrected chi connectivity index (χ4v) is 4.04. The van der Waals surface area contributed by atoms with Crippen LogP contribution in [0.1, 0.15) is 134 Å². The summed E-state index contributed by atoms with van der Waals surface area (Å²) in [6.07, 6.45) is 19.0. The van der Waals surface area contributed by atoms with Crippen LogP contribution in [0.15, 0.2) is 12.1 Å². The van der Waals surface area contributed by atoms with E-state index in [-0.39, 0.29) is 0 Å². The highest BCUT2D eigenvalue weighted by molar-refractivity contribution is 6.10. The second-order valence-corrected chi connectivity index (χ2v) is 8.74. The van der Waals surface area contributed by atoms with Crippen molar-refractivity contribution in [1.29, 1.82) is 0 Å². The second-order valence-electron chi connectivity index (χ2n) is 8.74. The predicted octanol–water partition coefficient (Wildman–Crippen LogP) is 7.06. The summed E-state index contributed by atoms with van der Waals surface area (Å²) in [7, 11) is 0. The van der Waals surface area contributed by atoms with E-state index in [1.807, 2.05) is 0 Å². The van der Waals surface area contributed by atoms with Gasteiger partial charge in [-0.25, -0.2) is 14.4 Å². The van der Waals surface area contributed by atoms with Crippen LogP contribution >= 0.6 is 0 Å². The van der Waals surface area contributed by atoms with E-state index in [9.17, 15) is 29.7 Å². The Balaban J connectivity index is 2.19. The number of carbonyl (C=O) groups is 3. The molecule has 0 spiro atoms. The molecule has 0 bridgehead atoms. The number of unbranched alkanes of at least 4 members (excludes halogenated alkanes) is 14. The fraction of sp³-hybridized carbons (Fsp3) is 0.654. The van der Waals surface area contributed by atoms with Gasteiger partial charge < -0.3 is 20.6 Å². The van der Waals surface area contributed by atoms with Gasteiger partial charge >= 0.3 is 17.9 Å². The van der Waals surface area contributed by atoms with Crippen molar-refractivity contribution >= 4 is 23.6 Å². The molecule has 0 saturated heterocycles. The highest BCUT2D eigenvalue weighted by Gasteiger charge is 2.25. The number of rotatable bonds is 20. The molecule has 0 fully saturated rings. The molecular formula is C26H41NO6. The van der Waals surface area contributed by atoms with E-state index < -0.39 is 34.6 Å². The van der Waals surface area contributed by atoms with Crippen LogP contribution in [0.3, 0.4) is 0 Å². The molecule has 0 radical (unpaired) electrons. The lowest BCUT2D eigenvalue weighted by Gasteiger charge is -2.12. The van der Waals surface area contributed by atoms with Crippen LogP contribution in [0.4, 0.5) is 5.69 Å². The molecule has 33 heavy (non-hydrogen) atoms. The summed E-state index contributed by atoms with van der Waals surface area (Å²) in [5.74, 6) is -4.50. The largest absolute Gasteiger partial charge is 0.478 e. The number of anilines is 1. The van der Waals surface area contributed by atoms with Crippen molar-refractivity contribution in [1.82, 2.24) is 0 Å². The molecule has 0 aliphatic rings. The van der Waals surface area contributed by atoms with Crippen molar-refractivity contribution in [3.63, 3.8) is 0 Å². The van der Waals surface area contributed by atoms with Crippen LogP contribution in [0.25, 0.3) is 0 Å². The Morgan fingerprint density at radius 3 is 1.30 bits per heavy atom. The molecule has 1 rings (SSSR count). The molecule has 1 aromatic rings. The SMILES string of the molecule is CCCCCCCCCCCCCCCCCNc1cc(C(=O)O)c(C(=O)O)c(C(=O)O)c1. The molecule has 7 nitrogen and oxygen atoms in total. The Hall–Kier alpha value is -2.57. The van der Waals surface area contributed by atoms with E-state index in [0.717, 1.165) is 19.3 Å². The smallest absolute Gasteiger partial charge is 0.337 e. The van der Waals surface area contributed by atoms with Gasteiger partial charge in [0.25, 0.3) is 0 Å². The number of hydrogen-bond donors (Lipinski definition) is 4. The van der Waals surface area contributed by atoms with Gasteiger partial charge in [-0.3, -0.25) is 0 Å². The number of carboxylic acids is 3. The lowest BCUT2D eigenvalue weighted by molar-refractivity contribution is 0.0633. The van der Waals surface area contributed by atoms with Crippen LogP contribution in [0.5, 0.6) is 0 Å². The van der Waals surface area contributed by atoms with E-state index >= 15 is 0 Å². The van der Waals surface area contributed by atoms with Crippen molar-refractivity contribution in [2.24, 2.45) is 0 Å². The van der Waals surface area contributed by atoms with Crippen molar-refractivity contribution in [2.75, 3.05) is 11.9 Å². The second kappa shape index (κ2) is 17.0. The maximum atomic E-state index is 11.4. The lowest BCUT2D eigenvalue weighted by atomic mass is 9.99. The monoisotopic (exact) mass is 463 g/mol. The molecule has 0 heterocycles. The Kier molecular flexibility index (Phi) is 14.6. The molecule has 0 aromatic heterocycles. The highest BCUT2D eigenvalue weighted by atomic mass is 16.4. The molecule has 186 valence electrons. The number of carboxylic acid groups (broad SMARTS) is 3. The highest BCUT2D eigenvalue weighted by Crippen LogP contribution is 2.22. The average Bonchev–Trinajstić information content (AvgIpc) is 2.77. The van der Waals surface area contributed by atoms with Crippen molar-refractivity contribution in [3.8, 4) is 0 Å². The summed E-state index contributed by atoms with van der Waals surface area (Å²) in [6.45, 7) is 2.82. The molecule has 0 amide bonds. The van der Waals surface area contributed by atoms with Crippen molar-refractivity contribution < 1.29 is 29.7 Å². The molecule has 0 saturated carbocycles. The normalized spacial score (nSPS) is 10.8. The Bertz CT molecular complexity index is 711. The minimum absolute atomic E-state index is 0.306. The van der Waals surface area contributed by atoms with Crippen LogP contribution in [-0.4, -0.2) is 39.8 Å². The van der Waals surface area contributed by atoms with E-state index in [1.54, 1.807) is 0 Å². The minimum Gasteiger partial charge on any atom is -0.478 e. The van der Waals surface area contributed by atoms with Gasteiger partial charge in [-0.2, -0.15) is 0 Å². The Morgan fingerprint density at radius 2 is 0.970 bits per heavy atom. The standard InChI is InChI=1S/C26H41NO6/c1-2-3-4-5-6-7-8-9-10-11-12-13-14-15-16-17-27-20-18-21(24(28)29)23(26(32)33)22(19-20)25(30)31/h18-19,27H,2-17H2,1H3,(H,28,29)(H,30,31)(H,32,33). The molecule has 7 heteroatoms. The zero-order valence-electron chi connectivity index (χ0n) is 20.0. The fourth-order valence-electron chi connectivity index (χ4n) is 4.04. The van der Waals surface area contributed by atoms with Crippen LogP contribution in [0.2, 0.25) is 0 Å². The summed E-state index contributed by atoms with van der Waals surface area (Å²) in [5, 5.41) is 30.8. The topological polar surface area (TPSA) is 124 Å². The van der Waals surface area contributed by atoms with Gasteiger partial charge in [0, 0.05) is 12.2 Å². The zero-order valence-corrected chi connectivity index (χ0v) is 20.0. The summed E-state index contributed by atoms with van der Waals surface area (Å²) >= 11 is 0. The molecule has 0 aliphatic heterocycles. The number of nitrogens with one attached hydrogen (secondary N) is 1. The summed E-state index contributed by atoms with van der Waals surface area (Å²) < 4.78 is 0. The minimum atomic E-state index is -1.57. The van der Waals surface area contributed by atoms with Crippen LogP contribution < -0.4 is 5.32 Å². The third kappa shape index (κ3) is 11.7. The van der Waals surface area contributed by atoms with E-state index in [2.05, 4.69) is 12.2 Å². The maximum absolute atomic E-state index is 11.4. The van der Waals surface area contributed by atoms with Gasteiger partial charge in [0.15, 0.2) is 0 Å². The van der Waals surface area contributed by atoms with Crippen molar-refractivity contribution in [3.05, 3.63) is 28.8 Å². The van der Waals surface area contributed by atoms with E-state index in [1.165, 1.54) is 89.2 Å². The molecular weight excluding hydrogens is 422 g/mol. The van der Waals surface area contributed by atoms with Crippen LogP contribution in [-0.2, 0) is 0 Å². The number of hydrogen-bond acceptors (Lipinski definition) is 4. The van der Waals surface area contributed by atoms with Gasteiger partial charge in [0.1, 0.15) is 0 Å². The number of benzene rings is 1. The first-order valence-corrected chi connectivity index (χ1v) is 12.5. The molecule has 1 aromatic carbocycles. The molecule has 0 atom stereocenters. The van der Waals surface area contributed by atoms with Gasteiger partial charge in [0.05, 0.1) is 16.7 Å². The summed E-state index contributed by atoms with van der Waals surface area (Å²) in [6, 6.07) is 2.37. The van der Waals surface area contributed by atoms with Gasteiger partial charge in [0.2, 0.25) is 0 Å². The predicted molar refractivity (Wildman–Crippen MR) is 131 cm³/mol. The number of aromatic carboxylic acids is 3.